The van der Waals surface area contributed by atoms with Crippen molar-refractivity contribution in [2.45, 2.75) is 26.3 Å². The fraction of sp³-hybridized carbons (Fsp3) is 0.583. The van der Waals surface area contributed by atoms with E-state index in [-0.39, 0.29) is 0 Å². The van der Waals surface area contributed by atoms with Crippen LogP contribution in [-0.2, 0) is 0 Å². The van der Waals surface area contributed by atoms with Crippen molar-refractivity contribution in [3.63, 3.8) is 0 Å². The van der Waals surface area contributed by atoms with E-state index in [4.69, 9.17) is 5.73 Å². The Kier molecular flexibility index (Phi) is 5.05. The number of nitrogen functional groups attached to an aromatic ring is 1. The highest BCUT2D eigenvalue weighted by Crippen LogP contribution is 2.07. The molecule has 1 atom stereocenters. The Balaban J connectivity index is 2.30. The van der Waals surface area contributed by atoms with Crippen LogP contribution in [0.4, 0.5) is 11.5 Å². The fourth-order valence-electron chi connectivity index (χ4n) is 1.44. The third kappa shape index (κ3) is 4.06. The number of nitrogens with zero attached hydrogens (tertiary/aromatic N) is 2. The summed E-state index contributed by atoms with van der Waals surface area (Å²) in [5, 5.41) is 3.26. The smallest absolute Gasteiger partial charge is 0.127 e. The van der Waals surface area contributed by atoms with E-state index in [9.17, 15) is 0 Å². The molecule has 90 valence electrons. The summed E-state index contributed by atoms with van der Waals surface area (Å²) in [6.45, 7) is 6.33. The van der Waals surface area contributed by atoms with E-state index >= 15 is 0 Å². The lowest BCUT2D eigenvalue weighted by atomic mass is 10.2. The van der Waals surface area contributed by atoms with Crippen molar-refractivity contribution in [3.8, 4) is 0 Å². The summed E-state index contributed by atoms with van der Waals surface area (Å²) in [5.41, 5.74) is 6.41. The van der Waals surface area contributed by atoms with Gasteiger partial charge in [0.15, 0.2) is 0 Å². The Morgan fingerprint density at radius 1 is 1.56 bits per heavy atom. The Morgan fingerprint density at radius 3 is 2.94 bits per heavy atom. The molecule has 0 radical (unpaired) electrons. The van der Waals surface area contributed by atoms with Crippen molar-refractivity contribution in [1.82, 2.24) is 9.88 Å². The van der Waals surface area contributed by atoms with Gasteiger partial charge in [0, 0.05) is 37.1 Å². The predicted molar refractivity (Wildman–Crippen MR) is 69.5 cm³/mol. The van der Waals surface area contributed by atoms with E-state index in [1.165, 1.54) is 6.42 Å². The van der Waals surface area contributed by atoms with Gasteiger partial charge in [0.25, 0.3) is 0 Å². The van der Waals surface area contributed by atoms with Gasteiger partial charge in [-0.25, -0.2) is 4.98 Å². The quantitative estimate of drug-likeness (QED) is 0.770. The Morgan fingerprint density at radius 2 is 2.31 bits per heavy atom. The largest absolute Gasteiger partial charge is 0.399 e. The molecular formula is C12H22N4. The number of nitrogens with one attached hydrogen (secondary N) is 1. The lowest BCUT2D eigenvalue weighted by Gasteiger charge is -2.23. The molecule has 0 aliphatic heterocycles. The second-order valence-corrected chi connectivity index (χ2v) is 4.14. The van der Waals surface area contributed by atoms with E-state index in [1.807, 2.05) is 6.07 Å². The second-order valence-electron chi connectivity index (χ2n) is 4.14. The van der Waals surface area contributed by atoms with Crippen LogP contribution in [0.3, 0.4) is 0 Å². The molecule has 4 nitrogen and oxygen atoms in total. The summed E-state index contributed by atoms with van der Waals surface area (Å²) < 4.78 is 0. The van der Waals surface area contributed by atoms with Crippen molar-refractivity contribution in [2.24, 2.45) is 0 Å². The number of hydrogen-bond donors (Lipinski definition) is 2. The Bertz CT molecular complexity index is 314. The number of aromatic nitrogens is 1. The Labute approximate surface area is 97.9 Å². The average Bonchev–Trinajstić information content (AvgIpc) is 2.28. The molecule has 0 spiro atoms. The molecule has 1 heterocycles. The van der Waals surface area contributed by atoms with Crippen LogP contribution in [0.1, 0.15) is 20.3 Å². The number of anilines is 2. The van der Waals surface area contributed by atoms with Crippen molar-refractivity contribution in [1.29, 1.82) is 0 Å². The zero-order valence-electron chi connectivity index (χ0n) is 10.4. The van der Waals surface area contributed by atoms with Gasteiger partial charge in [-0.15, -0.1) is 0 Å². The summed E-state index contributed by atoms with van der Waals surface area (Å²) in [6.07, 6.45) is 2.89. The van der Waals surface area contributed by atoms with Gasteiger partial charge in [0.1, 0.15) is 5.82 Å². The first-order chi connectivity index (χ1) is 7.63. The zero-order chi connectivity index (χ0) is 12.0. The van der Waals surface area contributed by atoms with E-state index in [1.54, 1.807) is 12.3 Å². The summed E-state index contributed by atoms with van der Waals surface area (Å²) >= 11 is 0. The first-order valence-electron chi connectivity index (χ1n) is 5.79. The third-order valence-corrected chi connectivity index (χ3v) is 2.90. The second kappa shape index (κ2) is 6.33. The maximum atomic E-state index is 5.67. The fourth-order valence-corrected chi connectivity index (χ4v) is 1.44. The minimum absolute atomic E-state index is 0.621. The molecule has 1 aromatic heterocycles. The van der Waals surface area contributed by atoms with Crippen molar-refractivity contribution in [3.05, 3.63) is 18.3 Å². The average molecular weight is 222 g/mol. The molecule has 0 aliphatic rings. The molecule has 0 saturated heterocycles. The van der Waals surface area contributed by atoms with Crippen LogP contribution in [0, 0.1) is 0 Å². The van der Waals surface area contributed by atoms with Crippen molar-refractivity contribution >= 4 is 11.5 Å². The number of nitrogens with two attached hydrogens (primary N) is 1. The maximum absolute atomic E-state index is 5.67. The van der Waals surface area contributed by atoms with Gasteiger partial charge < -0.3 is 16.0 Å². The minimum atomic E-state index is 0.621. The number of hydrogen-bond acceptors (Lipinski definition) is 4. The molecule has 3 N–H and O–H groups in total. The first kappa shape index (κ1) is 12.8. The third-order valence-electron chi connectivity index (χ3n) is 2.90. The van der Waals surface area contributed by atoms with E-state index in [0.29, 0.717) is 6.04 Å². The lowest BCUT2D eigenvalue weighted by Crippen LogP contribution is -2.32. The predicted octanol–water partition coefficient (Wildman–Crippen LogP) is 1.81. The van der Waals surface area contributed by atoms with Crippen LogP contribution >= 0.6 is 0 Å². The SMILES string of the molecule is CCC(C)N(C)CCNc1cc(N)ccn1. The molecule has 0 saturated carbocycles. The molecule has 4 heteroatoms. The van der Waals surface area contributed by atoms with E-state index in [2.05, 4.69) is 36.1 Å². The van der Waals surface area contributed by atoms with Crippen LogP contribution in [0.15, 0.2) is 18.3 Å². The van der Waals surface area contributed by atoms with Gasteiger partial charge >= 0.3 is 0 Å². The minimum Gasteiger partial charge on any atom is -0.399 e. The molecule has 1 aromatic rings. The highest BCUT2D eigenvalue weighted by Gasteiger charge is 2.05. The molecule has 0 amide bonds. The maximum Gasteiger partial charge on any atom is 0.127 e. The lowest BCUT2D eigenvalue weighted by molar-refractivity contribution is 0.261. The molecule has 0 aliphatic carbocycles. The van der Waals surface area contributed by atoms with Gasteiger partial charge in [0.2, 0.25) is 0 Å². The molecule has 0 aromatic carbocycles. The van der Waals surface area contributed by atoms with Gasteiger partial charge in [-0.3, -0.25) is 0 Å². The normalized spacial score (nSPS) is 12.8. The first-order valence-corrected chi connectivity index (χ1v) is 5.79. The highest BCUT2D eigenvalue weighted by atomic mass is 15.1. The standard InChI is InChI=1S/C12H22N4/c1-4-10(2)16(3)8-7-15-12-9-11(13)5-6-14-12/h5-6,9-10H,4,7-8H2,1-3H3,(H3,13,14,15). The Hall–Kier alpha value is -1.29. The highest BCUT2D eigenvalue weighted by molar-refractivity contribution is 5.48. The molecule has 1 rings (SSSR count). The van der Waals surface area contributed by atoms with Gasteiger partial charge in [-0.1, -0.05) is 6.92 Å². The number of rotatable bonds is 6. The summed E-state index contributed by atoms with van der Waals surface area (Å²) in [7, 11) is 2.14. The van der Waals surface area contributed by atoms with Crippen LogP contribution in [0.2, 0.25) is 0 Å². The van der Waals surface area contributed by atoms with Gasteiger partial charge in [0.05, 0.1) is 0 Å². The molecule has 1 unspecified atom stereocenters. The van der Waals surface area contributed by atoms with Crippen LogP contribution in [-0.4, -0.2) is 36.1 Å². The van der Waals surface area contributed by atoms with Gasteiger partial charge in [-0.2, -0.15) is 0 Å². The summed E-state index contributed by atoms with van der Waals surface area (Å²) in [6, 6.07) is 4.26. The monoisotopic (exact) mass is 222 g/mol. The van der Waals surface area contributed by atoms with Crippen LogP contribution < -0.4 is 11.1 Å². The van der Waals surface area contributed by atoms with Crippen LogP contribution in [0.25, 0.3) is 0 Å². The van der Waals surface area contributed by atoms with Crippen molar-refractivity contribution in [2.75, 3.05) is 31.2 Å². The van der Waals surface area contributed by atoms with Gasteiger partial charge in [-0.05, 0) is 26.5 Å². The summed E-state index contributed by atoms with van der Waals surface area (Å²) in [4.78, 5) is 6.52. The number of pyridine rings is 1. The molecule has 16 heavy (non-hydrogen) atoms. The zero-order valence-corrected chi connectivity index (χ0v) is 10.4. The van der Waals surface area contributed by atoms with Crippen LogP contribution in [0.5, 0.6) is 0 Å². The molecule has 0 fully saturated rings. The molecular weight excluding hydrogens is 200 g/mol. The van der Waals surface area contributed by atoms with Crippen molar-refractivity contribution < 1.29 is 0 Å². The topological polar surface area (TPSA) is 54.2 Å². The van der Waals surface area contributed by atoms with E-state index in [0.717, 1.165) is 24.6 Å². The molecule has 0 bridgehead atoms. The van der Waals surface area contributed by atoms with E-state index < -0.39 is 0 Å². The summed E-state index contributed by atoms with van der Waals surface area (Å²) in [5.74, 6) is 0.845. The number of likely N-dealkylation sites (N-methyl/N-ethyl adjacent to an activating group) is 1.